The van der Waals surface area contributed by atoms with Crippen molar-refractivity contribution >= 4 is 54.7 Å². The molecule has 13 aromatic rings. The van der Waals surface area contributed by atoms with Crippen molar-refractivity contribution in [3.8, 4) is 68.1 Å². The summed E-state index contributed by atoms with van der Waals surface area (Å²) in [4.78, 5) is 20.0. The van der Waals surface area contributed by atoms with E-state index < -0.39 is 0 Å². The van der Waals surface area contributed by atoms with Crippen LogP contribution in [0.5, 0.6) is 0 Å². The summed E-state index contributed by atoms with van der Waals surface area (Å²) in [6.45, 7) is 0. The van der Waals surface area contributed by atoms with Crippen LogP contribution in [0.25, 0.3) is 123 Å². The van der Waals surface area contributed by atoms with Gasteiger partial charge in [0.2, 0.25) is 5.89 Å². The highest BCUT2D eigenvalue weighted by molar-refractivity contribution is 6.23. The lowest BCUT2D eigenvalue weighted by molar-refractivity contribution is 0.620. The maximum Gasteiger partial charge on any atom is 0.227 e. The fourth-order valence-electron chi connectivity index (χ4n) is 9.43. The lowest BCUT2D eigenvalue weighted by Gasteiger charge is -2.14. The Labute approximate surface area is 373 Å². The van der Waals surface area contributed by atoms with Crippen molar-refractivity contribution in [1.82, 2.24) is 29.1 Å². The molecule has 0 aliphatic heterocycles. The topological polar surface area (TPSA) is 74.6 Å². The van der Waals surface area contributed by atoms with Gasteiger partial charge in [-0.15, -0.1) is 0 Å². The largest absolute Gasteiger partial charge is 0.436 e. The van der Waals surface area contributed by atoms with Gasteiger partial charge in [-0.2, -0.15) is 0 Å². The molecule has 0 spiro atoms. The van der Waals surface area contributed by atoms with Gasteiger partial charge in [0.25, 0.3) is 0 Å². The zero-order chi connectivity index (χ0) is 42.8. The maximum atomic E-state index is 6.32. The van der Waals surface area contributed by atoms with Gasteiger partial charge in [-0.3, -0.25) is 0 Å². The first-order valence-corrected chi connectivity index (χ1v) is 21.7. The van der Waals surface area contributed by atoms with E-state index >= 15 is 0 Å². The summed E-state index contributed by atoms with van der Waals surface area (Å²) >= 11 is 0. The van der Waals surface area contributed by atoms with Gasteiger partial charge in [-0.25, -0.2) is 19.9 Å². The summed E-state index contributed by atoms with van der Waals surface area (Å²) in [7, 11) is 0. The molecule has 0 radical (unpaired) electrons. The molecule has 0 saturated heterocycles. The lowest BCUT2D eigenvalue weighted by Crippen LogP contribution is -2.01. The van der Waals surface area contributed by atoms with Crippen LogP contribution in [-0.4, -0.2) is 29.1 Å². The third kappa shape index (κ3) is 6.05. The molecule has 13 rings (SSSR count). The average Bonchev–Trinajstić information content (AvgIpc) is 4.08. The van der Waals surface area contributed by atoms with E-state index in [1.54, 1.807) is 0 Å². The van der Waals surface area contributed by atoms with Crippen LogP contribution in [0.1, 0.15) is 0 Å². The minimum atomic E-state index is 0.608. The Kier molecular flexibility index (Phi) is 8.39. The van der Waals surface area contributed by atoms with E-state index in [9.17, 15) is 0 Å². The van der Waals surface area contributed by atoms with Crippen LogP contribution in [0.2, 0.25) is 0 Å². The normalized spacial score (nSPS) is 11.7. The first kappa shape index (κ1) is 36.7. The molecule has 65 heavy (non-hydrogen) atoms. The Morgan fingerprint density at radius 1 is 0.323 bits per heavy atom. The molecule has 4 heterocycles. The molecule has 0 fully saturated rings. The third-order valence-electron chi connectivity index (χ3n) is 12.4. The predicted molar refractivity (Wildman–Crippen MR) is 263 cm³/mol. The zero-order valence-electron chi connectivity index (χ0n) is 34.9. The molecule has 0 aliphatic rings. The Morgan fingerprint density at radius 2 is 0.800 bits per heavy atom. The molecule has 7 nitrogen and oxygen atoms in total. The van der Waals surface area contributed by atoms with Gasteiger partial charge in [0.1, 0.15) is 5.52 Å². The molecular weight excluding hydrogens is 797 g/mol. The zero-order valence-corrected chi connectivity index (χ0v) is 34.9. The molecule has 0 unspecified atom stereocenters. The molecule has 0 amide bonds. The van der Waals surface area contributed by atoms with Crippen molar-refractivity contribution in [3.05, 3.63) is 218 Å². The van der Waals surface area contributed by atoms with Crippen molar-refractivity contribution in [2.75, 3.05) is 0 Å². The molecule has 0 saturated carbocycles. The molecule has 7 heteroatoms. The van der Waals surface area contributed by atoms with E-state index in [4.69, 9.17) is 24.4 Å². The molecule has 0 N–H and O–H groups in total. The van der Waals surface area contributed by atoms with Gasteiger partial charge in [0.15, 0.2) is 23.1 Å². The second kappa shape index (κ2) is 14.9. The van der Waals surface area contributed by atoms with E-state index in [2.05, 4.69) is 124 Å². The van der Waals surface area contributed by atoms with Crippen molar-refractivity contribution in [2.45, 2.75) is 0 Å². The SMILES string of the molecule is c1ccc(-c2nc(-c3ccccc3)nc(-c3ccc(-n4c5ccccc5c5ccc6c7ccccc7n(-c7cccc(-c8cccc9oc(-c%10ccccc%10)nc89)c7)c6c54)cc3)n2)cc1. The fraction of sp³-hybridized carbons (Fsp3) is 0. The quantitative estimate of drug-likeness (QED) is 0.160. The van der Waals surface area contributed by atoms with Crippen LogP contribution in [0.3, 0.4) is 0 Å². The predicted octanol–water partition coefficient (Wildman–Crippen LogP) is 14.5. The Balaban J connectivity index is 1.00. The van der Waals surface area contributed by atoms with Gasteiger partial charge in [-0.05, 0) is 72.3 Å². The smallest absolute Gasteiger partial charge is 0.227 e. The van der Waals surface area contributed by atoms with Crippen LogP contribution >= 0.6 is 0 Å². The Bertz CT molecular complexity index is 3870. The lowest BCUT2D eigenvalue weighted by atomic mass is 10.0. The highest BCUT2D eigenvalue weighted by Gasteiger charge is 2.22. The number of benzene rings is 9. The molecule has 9 aromatic carbocycles. The highest BCUT2D eigenvalue weighted by Crippen LogP contribution is 2.43. The number of nitrogens with zero attached hydrogens (tertiary/aromatic N) is 6. The van der Waals surface area contributed by atoms with Gasteiger partial charge < -0.3 is 13.6 Å². The van der Waals surface area contributed by atoms with E-state index in [0.29, 0.717) is 23.4 Å². The molecule has 0 bridgehead atoms. The Morgan fingerprint density at radius 3 is 1.38 bits per heavy atom. The summed E-state index contributed by atoms with van der Waals surface area (Å²) in [5.74, 6) is 2.49. The van der Waals surface area contributed by atoms with Crippen LogP contribution in [0, 0.1) is 0 Å². The standard InChI is InChI=1S/C58H36N6O/c1-4-16-37(17-5-1)55-60-56(38-18-6-2-7-19-38)62-57(61-55)39-30-32-42(33-31-39)63-49-27-12-10-24-45(49)47-34-35-48-46-25-11-13-28-50(46)64(54(48)53(47)63)43-23-14-22-41(36-43)44-26-15-29-51-52(44)59-58(65-51)40-20-8-3-9-21-40/h1-36H. The van der Waals surface area contributed by atoms with E-state index in [0.717, 1.165) is 77.9 Å². The summed E-state index contributed by atoms with van der Waals surface area (Å²) < 4.78 is 11.2. The minimum Gasteiger partial charge on any atom is -0.436 e. The monoisotopic (exact) mass is 832 g/mol. The van der Waals surface area contributed by atoms with Crippen LogP contribution < -0.4 is 0 Å². The van der Waals surface area contributed by atoms with Crippen LogP contribution in [0.15, 0.2) is 223 Å². The number of oxazole rings is 1. The molecular formula is C58H36N6O. The number of hydrogen-bond acceptors (Lipinski definition) is 5. The first-order chi connectivity index (χ1) is 32.2. The minimum absolute atomic E-state index is 0.608. The highest BCUT2D eigenvalue weighted by atomic mass is 16.3. The third-order valence-corrected chi connectivity index (χ3v) is 12.4. The van der Waals surface area contributed by atoms with Crippen LogP contribution in [-0.2, 0) is 0 Å². The van der Waals surface area contributed by atoms with E-state index in [1.165, 1.54) is 21.5 Å². The van der Waals surface area contributed by atoms with Crippen molar-refractivity contribution in [2.24, 2.45) is 0 Å². The fourth-order valence-corrected chi connectivity index (χ4v) is 9.43. The van der Waals surface area contributed by atoms with E-state index in [-0.39, 0.29) is 0 Å². The molecule has 0 aliphatic carbocycles. The average molecular weight is 833 g/mol. The summed E-state index contributed by atoms with van der Waals surface area (Å²) in [6.07, 6.45) is 0. The number of hydrogen-bond donors (Lipinski definition) is 0. The summed E-state index contributed by atoms with van der Waals surface area (Å²) in [6, 6.07) is 75.8. The van der Waals surface area contributed by atoms with Crippen molar-refractivity contribution in [3.63, 3.8) is 0 Å². The molecule has 304 valence electrons. The first-order valence-electron chi connectivity index (χ1n) is 21.7. The number of rotatable bonds is 7. The van der Waals surface area contributed by atoms with Gasteiger partial charge in [0, 0.05) is 60.7 Å². The maximum absolute atomic E-state index is 6.32. The van der Waals surface area contributed by atoms with Crippen LogP contribution in [0.4, 0.5) is 0 Å². The van der Waals surface area contributed by atoms with Gasteiger partial charge >= 0.3 is 0 Å². The van der Waals surface area contributed by atoms with Gasteiger partial charge in [0.05, 0.1) is 22.1 Å². The molecule has 4 aromatic heterocycles. The van der Waals surface area contributed by atoms with E-state index in [1.807, 2.05) is 103 Å². The van der Waals surface area contributed by atoms with Crippen molar-refractivity contribution < 1.29 is 4.42 Å². The second-order valence-electron chi connectivity index (χ2n) is 16.2. The van der Waals surface area contributed by atoms with Gasteiger partial charge in [-0.1, -0.05) is 152 Å². The number of fused-ring (bicyclic) bond motifs is 8. The Hall–Kier alpha value is -8.94. The number of para-hydroxylation sites is 3. The second-order valence-corrected chi connectivity index (χ2v) is 16.2. The molecule has 0 atom stereocenters. The summed E-state index contributed by atoms with van der Waals surface area (Å²) in [5, 5.41) is 4.72. The number of aromatic nitrogens is 6. The summed E-state index contributed by atoms with van der Waals surface area (Å²) in [5.41, 5.74) is 14.0. The van der Waals surface area contributed by atoms with Crippen molar-refractivity contribution in [1.29, 1.82) is 0 Å².